The molecule has 0 atom stereocenters. The molecule has 0 bridgehead atoms. The van der Waals surface area contributed by atoms with Crippen LogP contribution in [-0.4, -0.2) is 19.6 Å². The molecule has 0 aromatic carbocycles. The van der Waals surface area contributed by atoms with Crippen molar-refractivity contribution in [2.45, 2.75) is 18.8 Å². The molecule has 17 heavy (non-hydrogen) atoms. The summed E-state index contributed by atoms with van der Waals surface area (Å²) in [6.07, 6.45) is 2.13. The Morgan fingerprint density at radius 1 is 1.41 bits per heavy atom. The van der Waals surface area contributed by atoms with Gasteiger partial charge in [0.25, 0.3) is 5.56 Å². The van der Waals surface area contributed by atoms with Crippen LogP contribution in [0.3, 0.4) is 0 Å². The highest BCUT2D eigenvalue weighted by Crippen LogP contribution is 2.37. The fourth-order valence-corrected chi connectivity index (χ4v) is 1.79. The van der Waals surface area contributed by atoms with E-state index >= 15 is 0 Å². The number of nitrogens with one attached hydrogen (secondary N) is 1. The number of fused-ring (bicyclic) bond motifs is 1. The number of aromatic amines is 1. The first-order valence-corrected chi connectivity index (χ1v) is 5.45. The van der Waals surface area contributed by atoms with Crippen molar-refractivity contribution in [2.75, 3.05) is 0 Å². The highest BCUT2D eigenvalue weighted by atomic mass is 16.2. The van der Waals surface area contributed by atoms with Gasteiger partial charge in [0.1, 0.15) is 7.05 Å². The molecule has 0 amide bonds. The molecule has 1 fully saturated rings. The molecule has 2 aromatic heterocycles. The second-order valence-corrected chi connectivity index (χ2v) is 4.36. The maximum Gasteiger partial charge on any atom is 0.416 e. The minimum atomic E-state index is -0.458. The van der Waals surface area contributed by atoms with Crippen LogP contribution in [0.5, 0.6) is 0 Å². The van der Waals surface area contributed by atoms with Crippen molar-refractivity contribution in [1.82, 2.24) is 19.6 Å². The normalized spacial score (nSPS) is 15.4. The summed E-state index contributed by atoms with van der Waals surface area (Å²) in [6.45, 7) is 0. The standard InChI is InChI=1S/C10H11N5O2/c1-14-9(16)6-8(12-10(14)17)15(2)13-7(11-6)5-3-4-5/h5H,3-4H2,1-2H3/p+1. The van der Waals surface area contributed by atoms with Crippen LogP contribution in [0, 0.1) is 0 Å². The third-order valence-electron chi connectivity index (χ3n) is 3.01. The van der Waals surface area contributed by atoms with Gasteiger partial charge in [0.05, 0.1) is 0 Å². The summed E-state index contributed by atoms with van der Waals surface area (Å²) in [5.41, 5.74) is -0.210. The average Bonchev–Trinajstić information content (AvgIpc) is 3.11. The lowest BCUT2D eigenvalue weighted by Crippen LogP contribution is -2.43. The largest absolute Gasteiger partial charge is 0.416 e. The van der Waals surface area contributed by atoms with Gasteiger partial charge in [0, 0.05) is 13.0 Å². The number of hydrogen-bond donors (Lipinski definition) is 1. The first-order chi connectivity index (χ1) is 8.08. The molecule has 7 nitrogen and oxygen atoms in total. The van der Waals surface area contributed by atoms with Gasteiger partial charge in [-0.05, 0) is 12.8 Å². The van der Waals surface area contributed by atoms with Crippen LogP contribution in [0.15, 0.2) is 9.59 Å². The summed E-state index contributed by atoms with van der Waals surface area (Å²) in [4.78, 5) is 30.3. The van der Waals surface area contributed by atoms with Gasteiger partial charge in [0.2, 0.25) is 5.52 Å². The summed E-state index contributed by atoms with van der Waals surface area (Å²) in [7, 11) is 3.13. The first-order valence-electron chi connectivity index (χ1n) is 5.45. The van der Waals surface area contributed by atoms with E-state index in [9.17, 15) is 9.59 Å². The van der Waals surface area contributed by atoms with E-state index in [1.807, 2.05) is 0 Å². The quantitative estimate of drug-likeness (QED) is 0.623. The third-order valence-corrected chi connectivity index (χ3v) is 3.01. The van der Waals surface area contributed by atoms with Gasteiger partial charge < -0.3 is 0 Å². The fraction of sp³-hybridized carbons (Fsp3) is 0.500. The van der Waals surface area contributed by atoms with E-state index in [1.54, 1.807) is 7.05 Å². The molecule has 7 heteroatoms. The van der Waals surface area contributed by atoms with Crippen molar-refractivity contribution in [1.29, 1.82) is 0 Å². The van der Waals surface area contributed by atoms with Crippen LogP contribution in [0.1, 0.15) is 24.6 Å². The van der Waals surface area contributed by atoms with E-state index in [0.717, 1.165) is 17.4 Å². The van der Waals surface area contributed by atoms with Gasteiger partial charge in [0.15, 0.2) is 5.82 Å². The fourth-order valence-electron chi connectivity index (χ4n) is 1.79. The minimum absolute atomic E-state index is 0.270. The van der Waals surface area contributed by atoms with Crippen molar-refractivity contribution >= 4 is 11.2 Å². The third kappa shape index (κ3) is 1.46. The number of aromatic nitrogens is 5. The van der Waals surface area contributed by atoms with E-state index in [4.69, 9.17) is 0 Å². The molecule has 1 aliphatic carbocycles. The second kappa shape index (κ2) is 3.22. The van der Waals surface area contributed by atoms with E-state index in [-0.39, 0.29) is 11.1 Å². The Morgan fingerprint density at radius 2 is 2.12 bits per heavy atom. The van der Waals surface area contributed by atoms with Crippen LogP contribution >= 0.6 is 0 Å². The summed E-state index contributed by atoms with van der Waals surface area (Å²) in [5, 5.41) is 4.26. The topological polar surface area (TPSA) is 84.5 Å². The average molecular weight is 234 g/mol. The van der Waals surface area contributed by atoms with Gasteiger partial charge in [-0.1, -0.05) is 5.10 Å². The molecule has 0 spiro atoms. The van der Waals surface area contributed by atoms with Crippen molar-refractivity contribution in [2.24, 2.45) is 14.1 Å². The molecular formula is C10H12N5O2+. The van der Waals surface area contributed by atoms with E-state index < -0.39 is 5.69 Å². The van der Waals surface area contributed by atoms with Crippen LogP contribution in [0.25, 0.3) is 11.2 Å². The number of H-pyrrole nitrogens is 1. The molecule has 88 valence electrons. The van der Waals surface area contributed by atoms with Crippen LogP contribution in [-0.2, 0) is 14.1 Å². The van der Waals surface area contributed by atoms with Gasteiger partial charge in [-0.15, -0.1) is 4.68 Å². The van der Waals surface area contributed by atoms with E-state index in [2.05, 4.69) is 15.1 Å². The molecule has 1 aliphatic rings. The van der Waals surface area contributed by atoms with Gasteiger partial charge >= 0.3 is 11.3 Å². The Kier molecular flexibility index (Phi) is 1.92. The van der Waals surface area contributed by atoms with Gasteiger partial charge in [-0.25, -0.2) is 14.3 Å². The molecule has 0 radical (unpaired) electrons. The second-order valence-electron chi connectivity index (χ2n) is 4.36. The number of aryl methyl sites for hydroxylation is 1. The molecule has 1 N–H and O–H groups in total. The highest BCUT2D eigenvalue weighted by molar-refractivity contribution is 5.63. The number of hydrogen-bond acceptors (Lipinski definition) is 4. The highest BCUT2D eigenvalue weighted by Gasteiger charge is 2.30. The SMILES string of the molecule is Cn1c(=O)[nH]c2c(nc(C3CC3)n[n+]2C)c1=O. The Bertz CT molecular complexity index is 726. The summed E-state index contributed by atoms with van der Waals surface area (Å²) >= 11 is 0. The molecule has 1 saturated carbocycles. The lowest BCUT2D eigenvalue weighted by molar-refractivity contribution is -0.708. The Labute approximate surface area is 95.7 Å². The van der Waals surface area contributed by atoms with Crippen molar-refractivity contribution in [3.8, 4) is 0 Å². The summed E-state index contributed by atoms with van der Waals surface area (Å²) in [5.74, 6) is 1.05. The number of rotatable bonds is 1. The summed E-state index contributed by atoms with van der Waals surface area (Å²) < 4.78 is 2.53. The predicted molar refractivity (Wildman–Crippen MR) is 58.6 cm³/mol. The zero-order chi connectivity index (χ0) is 12.2. The molecule has 2 heterocycles. The Balaban J connectivity index is 2.44. The Hall–Kier alpha value is -2.05. The van der Waals surface area contributed by atoms with Gasteiger partial charge in [-0.2, -0.15) is 4.98 Å². The maximum atomic E-state index is 11.9. The molecule has 3 rings (SSSR count). The molecular weight excluding hydrogens is 222 g/mol. The summed E-state index contributed by atoms with van der Waals surface area (Å²) in [6, 6.07) is 0. The first kappa shape index (κ1) is 10.1. The van der Waals surface area contributed by atoms with Crippen LogP contribution in [0.2, 0.25) is 0 Å². The van der Waals surface area contributed by atoms with Crippen LogP contribution in [0.4, 0.5) is 0 Å². The van der Waals surface area contributed by atoms with Crippen molar-refractivity contribution < 1.29 is 4.68 Å². The van der Waals surface area contributed by atoms with Gasteiger partial charge in [-0.3, -0.25) is 4.79 Å². The predicted octanol–water partition coefficient (Wildman–Crippen LogP) is -1.28. The Morgan fingerprint density at radius 3 is 2.76 bits per heavy atom. The lowest BCUT2D eigenvalue weighted by atomic mass is 10.4. The molecule has 0 unspecified atom stereocenters. The zero-order valence-corrected chi connectivity index (χ0v) is 9.60. The number of nitrogens with zero attached hydrogens (tertiary/aromatic N) is 4. The van der Waals surface area contributed by atoms with Crippen molar-refractivity contribution in [3.63, 3.8) is 0 Å². The molecule has 2 aromatic rings. The van der Waals surface area contributed by atoms with Crippen molar-refractivity contribution in [3.05, 3.63) is 26.7 Å². The van der Waals surface area contributed by atoms with E-state index in [0.29, 0.717) is 17.4 Å². The maximum absolute atomic E-state index is 11.9. The molecule has 0 aliphatic heterocycles. The van der Waals surface area contributed by atoms with Crippen LogP contribution < -0.4 is 15.9 Å². The monoisotopic (exact) mass is 234 g/mol. The minimum Gasteiger partial charge on any atom is -0.266 e. The molecule has 0 saturated heterocycles. The van der Waals surface area contributed by atoms with E-state index in [1.165, 1.54) is 11.7 Å². The lowest BCUT2D eigenvalue weighted by Gasteiger charge is -2.00. The zero-order valence-electron chi connectivity index (χ0n) is 9.60. The smallest absolute Gasteiger partial charge is 0.266 e.